The van der Waals surface area contributed by atoms with Crippen LogP contribution in [0.3, 0.4) is 0 Å². The smallest absolute Gasteiger partial charge is 0.256 e. The second kappa shape index (κ2) is 7.10. The first kappa shape index (κ1) is 18.1. The van der Waals surface area contributed by atoms with Crippen molar-refractivity contribution in [3.05, 3.63) is 28.8 Å². The van der Waals surface area contributed by atoms with Gasteiger partial charge in [0.05, 0.1) is 0 Å². The molecule has 2 rings (SSSR count). The summed E-state index contributed by atoms with van der Waals surface area (Å²) in [6.07, 6.45) is 3.80. The number of rotatable bonds is 5. The van der Waals surface area contributed by atoms with E-state index in [1.54, 1.807) is 0 Å². The van der Waals surface area contributed by atoms with Crippen molar-refractivity contribution in [2.75, 3.05) is 4.90 Å². The fourth-order valence-electron chi connectivity index (χ4n) is 3.88. The standard InChI is InChI=1S/C18H28ClN3O/c1-5-6-7-16(17(23)21-20)22-15-9-8-13(19)10-14(15)12(2)11-18(22,3)4/h8-10,12,16H,5-7,11,20H2,1-4H3,(H,21,23)/t12-,16+/m0/s1. The molecule has 0 spiro atoms. The molecule has 1 aromatic rings. The topological polar surface area (TPSA) is 58.4 Å². The highest BCUT2D eigenvalue weighted by atomic mass is 35.5. The van der Waals surface area contributed by atoms with Crippen molar-refractivity contribution in [3.63, 3.8) is 0 Å². The van der Waals surface area contributed by atoms with Crippen LogP contribution in [0.2, 0.25) is 5.02 Å². The van der Waals surface area contributed by atoms with Gasteiger partial charge in [0.1, 0.15) is 6.04 Å². The first-order valence-electron chi connectivity index (χ1n) is 8.41. The van der Waals surface area contributed by atoms with Gasteiger partial charge in [0.15, 0.2) is 0 Å². The predicted molar refractivity (Wildman–Crippen MR) is 96.7 cm³/mol. The minimum Gasteiger partial charge on any atom is -0.354 e. The highest BCUT2D eigenvalue weighted by Crippen LogP contribution is 2.45. The van der Waals surface area contributed by atoms with Gasteiger partial charge in [-0.15, -0.1) is 0 Å². The lowest BCUT2D eigenvalue weighted by Gasteiger charge is -2.50. The number of anilines is 1. The van der Waals surface area contributed by atoms with Gasteiger partial charge in [0.2, 0.25) is 0 Å². The summed E-state index contributed by atoms with van der Waals surface area (Å²) >= 11 is 6.20. The molecule has 0 saturated heterocycles. The van der Waals surface area contributed by atoms with E-state index >= 15 is 0 Å². The maximum Gasteiger partial charge on any atom is 0.256 e. The van der Waals surface area contributed by atoms with E-state index in [-0.39, 0.29) is 17.5 Å². The maximum atomic E-state index is 12.5. The third-order valence-electron chi connectivity index (χ3n) is 4.83. The molecule has 5 heteroatoms. The lowest BCUT2D eigenvalue weighted by Crippen LogP contribution is -2.59. The fraction of sp³-hybridized carbons (Fsp3) is 0.611. The van der Waals surface area contributed by atoms with Gasteiger partial charge in [-0.25, -0.2) is 5.84 Å². The molecule has 1 heterocycles. The Kier molecular flexibility index (Phi) is 5.58. The zero-order valence-electron chi connectivity index (χ0n) is 14.5. The Morgan fingerprint density at radius 2 is 2.22 bits per heavy atom. The highest BCUT2D eigenvalue weighted by Gasteiger charge is 2.42. The number of amides is 1. The van der Waals surface area contributed by atoms with Crippen LogP contribution >= 0.6 is 11.6 Å². The van der Waals surface area contributed by atoms with Crippen molar-refractivity contribution in [3.8, 4) is 0 Å². The van der Waals surface area contributed by atoms with Crippen molar-refractivity contribution >= 4 is 23.2 Å². The van der Waals surface area contributed by atoms with Gasteiger partial charge in [-0.3, -0.25) is 10.2 Å². The number of halogens is 1. The SMILES string of the molecule is CCCC[C@H](C(=O)NN)N1c2ccc(Cl)cc2[C@@H](C)CC1(C)C. The van der Waals surface area contributed by atoms with Crippen LogP contribution in [-0.4, -0.2) is 17.5 Å². The van der Waals surface area contributed by atoms with Crippen LogP contribution in [0, 0.1) is 0 Å². The molecule has 1 aromatic carbocycles. The first-order chi connectivity index (χ1) is 10.8. The van der Waals surface area contributed by atoms with Gasteiger partial charge >= 0.3 is 0 Å². The molecule has 23 heavy (non-hydrogen) atoms. The molecule has 0 bridgehead atoms. The quantitative estimate of drug-likeness (QED) is 0.485. The van der Waals surface area contributed by atoms with Crippen LogP contribution in [0.1, 0.15) is 64.9 Å². The fourth-order valence-corrected chi connectivity index (χ4v) is 4.06. The van der Waals surface area contributed by atoms with E-state index in [1.165, 1.54) is 5.56 Å². The molecule has 1 aliphatic rings. The summed E-state index contributed by atoms with van der Waals surface area (Å²) in [5, 5.41) is 0.739. The van der Waals surface area contributed by atoms with E-state index in [1.807, 2.05) is 18.2 Å². The second-order valence-corrected chi connectivity index (χ2v) is 7.59. The van der Waals surface area contributed by atoms with Crippen molar-refractivity contribution in [1.29, 1.82) is 0 Å². The number of carbonyl (C=O) groups is 1. The number of hydrogen-bond acceptors (Lipinski definition) is 3. The maximum absolute atomic E-state index is 12.5. The molecule has 1 amide bonds. The third-order valence-corrected chi connectivity index (χ3v) is 5.06. The second-order valence-electron chi connectivity index (χ2n) is 7.16. The van der Waals surface area contributed by atoms with Crippen LogP contribution in [0.15, 0.2) is 18.2 Å². The molecular weight excluding hydrogens is 310 g/mol. The number of fused-ring (bicyclic) bond motifs is 1. The van der Waals surface area contributed by atoms with E-state index in [0.29, 0.717) is 5.92 Å². The molecule has 0 saturated carbocycles. The summed E-state index contributed by atoms with van der Waals surface area (Å²) in [6.45, 7) is 8.75. The Balaban J connectivity index is 2.52. The van der Waals surface area contributed by atoms with Gasteiger partial charge < -0.3 is 4.90 Å². The molecule has 1 aliphatic heterocycles. The van der Waals surface area contributed by atoms with Crippen molar-refractivity contribution in [1.82, 2.24) is 5.43 Å². The number of nitrogens with two attached hydrogens (primary N) is 1. The first-order valence-corrected chi connectivity index (χ1v) is 8.79. The molecule has 3 N–H and O–H groups in total. The van der Waals surface area contributed by atoms with Gasteiger partial charge in [-0.05, 0) is 56.4 Å². The van der Waals surface area contributed by atoms with Crippen molar-refractivity contribution in [2.45, 2.75) is 70.9 Å². The number of benzene rings is 1. The summed E-state index contributed by atoms with van der Waals surface area (Å²) in [7, 11) is 0. The summed E-state index contributed by atoms with van der Waals surface area (Å²) in [5.74, 6) is 5.75. The Labute approximate surface area is 144 Å². The average Bonchev–Trinajstić information content (AvgIpc) is 2.49. The van der Waals surface area contributed by atoms with E-state index < -0.39 is 0 Å². The van der Waals surface area contributed by atoms with Crippen LogP contribution in [0.5, 0.6) is 0 Å². The van der Waals surface area contributed by atoms with Gasteiger partial charge in [-0.1, -0.05) is 38.3 Å². The highest BCUT2D eigenvalue weighted by molar-refractivity contribution is 6.30. The van der Waals surface area contributed by atoms with Crippen LogP contribution in [-0.2, 0) is 4.79 Å². The Morgan fingerprint density at radius 1 is 1.52 bits per heavy atom. The number of hydrazine groups is 1. The van der Waals surface area contributed by atoms with Gasteiger partial charge in [0.25, 0.3) is 5.91 Å². The molecule has 0 fully saturated rings. The summed E-state index contributed by atoms with van der Waals surface area (Å²) in [5.41, 5.74) is 4.55. The van der Waals surface area contributed by atoms with E-state index in [4.69, 9.17) is 17.4 Å². The van der Waals surface area contributed by atoms with Crippen molar-refractivity contribution in [2.24, 2.45) is 5.84 Å². The summed E-state index contributed by atoms with van der Waals surface area (Å²) < 4.78 is 0. The summed E-state index contributed by atoms with van der Waals surface area (Å²) in [6, 6.07) is 5.71. The number of unbranched alkanes of at least 4 members (excludes halogenated alkanes) is 1. The monoisotopic (exact) mass is 337 g/mol. The summed E-state index contributed by atoms with van der Waals surface area (Å²) in [4.78, 5) is 14.7. The average molecular weight is 338 g/mol. The Bertz CT molecular complexity index is 573. The van der Waals surface area contributed by atoms with Gasteiger partial charge in [0, 0.05) is 16.2 Å². The van der Waals surface area contributed by atoms with E-state index in [2.05, 4.69) is 38.0 Å². The molecular formula is C18H28ClN3O. The molecule has 0 unspecified atom stereocenters. The normalized spacial score (nSPS) is 20.8. The number of hydrogen-bond donors (Lipinski definition) is 2. The molecule has 2 atom stereocenters. The Morgan fingerprint density at radius 3 is 2.83 bits per heavy atom. The number of carbonyl (C=O) groups excluding carboxylic acids is 1. The Hall–Kier alpha value is -1.26. The van der Waals surface area contributed by atoms with E-state index in [0.717, 1.165) is 36.4 Å². The molecule has 0 aromatic heterocycles. The lowest BCUT2D eigenvalue weighted by molar-refractivity contribution is -0.123. The molecule has 0 radical (unpaired) electrons. The minimum atomic E-state index is -0.262. The van der Waals surface area contributed by atoms with Crippen molar-refractivity contribution < 1.29 is 4.79 Å². The number of nitrogens with zero attached hydrogens (tertiary/aromatic N) is 1. The van der Waals surface area contributed by atoms with Gasteiger partial charge in [-0.2, -0.15) is 0 Å². The predicted octanol–water partition coefficient (Wildman–Crippen LogP) is 3.98. The van der Waals surface area contributed by atoms with Crippen LogP contribution in [0.4, 0.5) is 5.69 Å². The largest absolute Gasteiger partial charge is 0.354 e. The number of nitrogens with one attached hydrogen (secondary N) is 1. The minimum absolute atomic E-state index is 0.120. The zero-order valence-corrected chi connectivity index (χ0v) is 15.3. The van der Waals surface area contributed by atoms with Crippen LogP contribution < -0.4 is 16.2 Å². The lowest BCUT2D eigenvalue weighted by atomic mass is 9.78. The van der Waals surface area contributed by atoms with Crippen LogP contribution in [0.25, 0.3) is 0 Å². The third kappa shape index (κ3) is 3.64. The molecule has 4 nitrogen and oxygen atoms in total. The molecule has 0 aliphatic carbocycles. The zero-order chi connectivity index (χ0) is 17.2. The van der Waals surface area contributed by atoms with E-state index in [9.17, 15) is 4.79 Å². The molecule has 128 valence electrons.